The molecule has 0 aliphatic carbocycles. The standard InChI is InChI=1S/C20H21ClN4O2/c1-23-11-17(12-6-7-18(27-2)15(21)10-12)25-16-8-9-24-19-13(16)4-3-5-14(19)20(22)26/h3-10,17,23H,11H2,1-2H3,(H2,22,26)(H,24,25). The molecule has 0 saturated carbocycles. The van der Waals surface area contributed by atoms with E-state index in [1.807, 2.05) is 37.4 Å². The molecule has 0 aliphatic rings. The van der Waals surface area contributed by atoms with Gasteiger partial charge in [0.05, 0.1) is 29.3 Å². The van der Waals surface area contributed by atoms with E-state index in [9.17, 15) is 4.79 Å². The van der Waals surface area contributed by atoms with Crippen LogP contribution in [0.2, 0.25) is 5.02 Å². The zero-order valence-corrected chi connectivity index (χ0v) is 15.9. The Morgan fingerprint density at radius 1 is 1.30 bits per heavy atom. The number of fused-ring (bicyclic) bond motifs is 1. The second-order valence-corrected chi connectivity index (χ2v) is 6.48. The molecule has 7 heteroatoms. The van der Waals surface area contributed by atoms with Gasteiger partial charge in [0, 0.05) is 23.8 Å². The minimum Gasteiger partial charge on any atom is -0.495 e. The van der Waals surface area contributed by atoms with Crippen molar-refractivity contribution in [1.29, 1.82) is 0 Å². The number of amides is 1. The maximum absolute atomic E-state index is 11.7. The van der Waals surface area contributed by atoms with E-state index in [2.05, 4.69) is 15.6 Å². The fourth-order valence-corrected chi connectivity index (χ4v) is 3.31. The molecule has 3 rings (SSSR count). The summed E-state index contributed by atoms with van der Waals surface area (Å²) < 4.78 is 5.23. The number of pyridine rings is 1. The Bertz CT molecular complexity index is 977. The molecular weight excluding hydrogens is 364 g/mol. The van der Waals surface area contributed by atoms with Crippen LogP contribution in [-0.4, -0.2) is 31.6 Å². The molecule has 3 aromatic rings. The van der Waals surface area contributed by atoms with Gasteiger partial charge in [-0.15, -0.1) is 0 Å². The zero-order valence-electron chi connectivity index (χ0n) is 15.1. The van der Waals surface area contributed by atoms with Crippen molar-refractivity contribution in [3.05, 3.63) is 64.8 Å². The molecule has 0 saturated heterocycles. The van der Waals surface area contributed by atoms with Crippen LogP contribution in [0.5, 0.6) is 5.75 Å². The summed E-state index contributed by atoms with van der Waals surface area (Å²) in [6, 6.07) is 12.9. The number of hydrogen-bond donors (Lipinski definition) is 3. The Morgan fingerprint density at radius 2 is 2.11 bits per heavy atom. The highest BCUT2D eigenvalue weighted by molar-refractivity contribution is 6.32. The van der Waals surface area contributed by atoms with E-state index < -0.39 is 5.91 Å². The van der Waals surface area contributed by atoms with Gasteiger partial charge in [0.25, 0.3) is 5.91 Å². The lowest BCUT2D eigenvalue weighted by Gasteiger charge is -2.22. The molecule has 0 aliphatic heterocycles. The number of ether oxygens (including phenoxy) is 1. The Balaban J connectivity index is 2.01. The number of aromatic nitrogens is 1. The summed E-state index contributed by atoms with van der Waals surface area (Å²) in [5.41, 5.74) is 8.31. The zero-order chi connectivity index (χ0) is 19.4. The fraction of sp³-hybridized carbons (Fsp3) is 0.200. The molecule has 1 unspecified atom stereocenters. The number of halogens is 1. The highest BCUT2D eigenvalue weighted by atomic mass is 35.5. The van der Waals surface area contributed by atoms with Crippen LogP contribution in [0.25, 0.3) is 10.9 Å². The van der Waals surface area contributed by atoms with Crippen LogP contribution in [0.3, 0.4) is 0 Å². The third-order valence-corrected chi connectivity index (χ3v) is 4.65. The topological polar surface area (TPSA) is 89.3 Å². The normalized spacial score (nSPS) is 12.0. The number of nitrogens with two attached hydrogens (primary N) is 1. The van der Waals surface area contributed by atoms with Gasteiger partial charge in [-0.2, -0.15) is 0 Å². The molecular formula is C20H21ClN4O2. The molecule has 0 radical (unpaired) electrons. The second-order valence-electron chi connectivity index (χ2n) is 6.07. The van der Waals surface area contributed by atoms with Gasteiger partial charge in [-0.1, -0.05) is 29.8 Å². The van der Waals surface area contributed by atoms with E-state index in [-0.39, 0.29) is 6.04 Å². The van der Waals surface area contributed by atoms with Gasteiger partial charge in [0.2, 0.25) is 0 Å². The summed E-state index contributed by atoms with van der Waals surface area (Å²) in [4.78, 5) is 16.0. The Hall–Kier alpha value is -2.83. The molecule has 0 fully saturated rings. The minimum absolute atomic E-state index is 0.0544. The average Bonchev–Trinajstić information content (AvgIpc) is 2.67. The third-order valence-electron chi connectivity index (χ3n) is 4.35. The van der Waals surface area contributed by atoms with Crippen LogP contribution in [-0.2, 0) is 0 Å². The van der Waals surface area contributed by atoms with Crippen molar-refractivity contribution < 1.29 is 9.53 Å². The monoisotopic (exact) mass is 384 g/mol. The van der Waals surface area contributed by atoms with Crippen LogP contribution in [0.1, 0.15) is 22.0 Å². The van der Waals surface area contributed by atoms with Crippen molar-refractivity contribution in [2.24, 2.45) is 5.73 Å². The SMILES string of the molecule is CNCC(Nc1ccnc2c(C(N)=O)cccc12)c1ccc(OC)c(Cl)c1. The number of benzene rings is 2. The van der Waals surface area contributed by atoms with Crippen molar-refractivity contribution in [1.82, 2.24) is 10.3 Å². The number of nitrogens with one attached hydrogen (secondary N) is 2. The van der Waals surface area contributed by atoms with E-state index in [0.717, 1.165) is 16.6 Å². The molecule has 0 spiro atoms. The molecule has 4 N–H and O–H groups in total. The number of rotatable bonds is 7. The van der Waals surface area contributed by atoms with Gasteiger partial charge in [-0.05, 0) is 36.9 Å². The lowest BCUT2D eigenvalue weighted by atomic mass is 10.0. The van der Waals surface area contributed by atoms with Crippen LogP contribution in [0.15, 0.2) is 48.7 Å². The first kappa shape index (κ1) is 18.9. The van der Waals surface area contributed by atoms with Crippen molar-refractivity contribution in [3.8, 4) is 5.75 Å². The van der Waals surface area contributed by atoms with Crippen molar-refractivity contribution in [3.63, 3.8) is 0 Å². The van der Waals surface area contributed by atoms with Gasteiger partial charge in [-0.25, -0.2) is 0 Å². The molecule has 27 heavy (non-hydrogen) atoms. The van der Waals surface area contributed by atoms with Crippen LogP contribution >= 0.6 is 11.6 Å². The first-order valence-corrected chi connectivity index (χ1v) is 8.85. The third kappa shape index (κ3) is 3.97. The van der Waals surface area contributed by atoms with Gasteiger partial charge in [-0.3, -0.25) is 9.78 Å². The van der Waals surface area contributed by atoms with Crippen LogP contribution < -0.4 is 21.1 Å². The van der Waals surface area contributed by atoms with Crippen molar-refractivity contribution in [2.45, 2.75) is 6.04 Å². The molecule has 140 valence electrons. The van der Waals surface area contributed by atoms with Gasteiger partial charge in [0.15, 0.2) is 0 Å². The van der Waals surface area contributed by atoms with Crippen LogP contribution in [0.4, 0.5) is 5.69 Å². The summed E-state index contributed by atoms with van der Waals surface area (Å²) in [7, 11) is 3.47. The van der Waals surface area contributed by atoms with Crippen LogP contribution in [0, 0.1) is 0 Å². The summed E-state index contributed by atoms with van der Waals surface area (Å²) in [6.45, 7) is 0.669. The Labute approximate surface area is 162 Å². The largest absolute Gasteiger partial charge is 0.495 e. The van der Waals surface area contributed by atoms with E-state index in [4.69, 9.17) is 22.1 Å². The highest BCUT2D eigenvalue weighted by Gasteiger charge is 2.16. The maximum Gasteiger partial charge on any atom is 0.250 e. The number of primary amides is 1. The smallest absolute Gasteiger partial charge is 0.250 e. The fourth-order valence-electron chi connectivity index (χ4n) is 3.04. The first-order chi connectivity index (χ1) is 13.0. The summed E-state index contributed by atoms with van der Waals surface area (Å²) in [5, 5.41) is 8.08. The molecule has 2 aromatic carbocycles. The van der Waals surface area contributed by atoms with E-state index in [0.29, 0.717) is 28.4 Å². The number of nitrogens with zero attached hydrogens (tertiary/aromatic N) is 1. The van der Waals surface area contributed by atoms with Gasteiger partial charge >= 0.3 is 0 Å². The number of likely N-dealkylation sites (N-methyl/N-ethyl adjacent to an activating group) is 1. The number of hydrogen-bond acceptors (Lipinski definition) is 5. The quantitative estimate of drug-likeness (QED) is 0.581. The average molecular weight is 385 g/mol. The van der Waals surface area contributed by atoms with E-state index in [1.165, 1.54) is 0 Å². The molecule has 1 aromatic heterocycles. The Kier molecular flexibility index (Phi) is 5.78. The highest BCUT2D eigenvalue weighted by Crippen LogP contribution is 2.31. The van der Waals surface area contributed by atoms with Gasteiger partial charge in [0.1, 0.15) is 5.75 Å². The first-order valence-electron chi connectivity index (χ1n) is 8.47. The van der Waals surface area contributed by atoms with E-state index >= 15 is 0 Å². The number of para-hydroxylation sites is 1. The Morgan fingerprint density at radius 3 is 2.78 bits per heavy atom. The molecule has 1 heterocycles. The molecule has 1 atom stereocenters. The second kappa shape index (κ2) is 8.24. The lowest BCUT2D eigenvalue weighted by Crippen LogP contribution is -2.24. The van der Waals surface area contributed by atoms with Crippen molar-refractivity contribution in [2.75, 3.05) is 26.0 Å². The molecule has 0 bridgehead atoms. The number of carbonyl (C=O) groups is 1. The summed E-state index contributed by atoms with van der Waals surface area (Å²) in [6.07, 6.45) is 1.66. The summed E-state index contributed by atoms with van der Waals surface area (Å²) in [5.74, 6) is 0.128. The van der Waals surface area contributed by atoms with Gasteiger partial charge < -0.3 is 21.1 Å². The van der Waals surface area contributed by atoms with Crippen molar-refractivity contribution >= 4 is 34.1 Å². The number of anilines is 1. The summed E-state index contributed by atoms with van der Waals surface area (Å²) >= 11 is 6.29. The number of methoxy groups -OCH3 is 1. The molecule has 1 amide bonds. The predicted molar refractivity (Wildman–Crippen MR) is 109 cm³/mol. The maximum atomic E-state index is 11.7. The minimum atomic E-state index is -0.501. The molecule has 6 nitrogen and oxygen atoms in total. The number of carbonyl (C=O) groups excluding carboxylic acids is 1. The lowest BCUT2D eigenvalue weighted by molar-refractivity contribution is 0.100. The van der Waals surface area contributed by atoms with E-state index in [1.54, 1.807) is 25.4 Å². The predicted octanol–water partition coefficient (Wildman–Crippen LogP) is 3.37.